The van der Waals surface area contributed by atoms with Gasteiger partial charge in [-0.3, -0.25) is 19.3 Å². The number of sulfonamides is 1. The lowest BCUT2D eigenvalue weighted by Gasteiger charge is -2.28. The van der Waals surface area contributed by atoms with Crippen molar-refractivity contribution >= 4 is 27.7 Å². The van der Waals surface area contributed by atoms with Gasteiger partial charge in [-0.1, -0.05) is 32.4 Å². The summed E-state index contributed by atoms with van der Waals surface area (Å²) in [6, 6.07) is 8.75. The molecule has 1 aromatic carbocycles. The number of ether oxygens (including phenoxy) is 1. The summed E-state index contributed by atoms with van der Waals surface area (Å²) >= 11 is 0. The predicted molar refractivity (Wildman–Crippen MR) is 119 cm³/mol. The number of aliphatic imine (C=N–C) groups is 1. The Balaban J connectivity index is 1.72. The third kappa shape index (κ3) is 6.29. The van der Waals surface area contributed by atoms with Gasteiger partial charge in [-0.15, -0.1) is 0 Å². The van der Waals surface area contributed by atoms with Gasteiger partial charge in [0.15, 0.2) is 6.10 Å². The second-order valence-corrected chi connectivity index (χ2v) is 9.88. The predicted octanol–water partition coefficient (Wildman–Crippen LogP) is 2.27. The van der Waals surface area contributed by atoms with Crippen LogP contribution in [0.15, 0.2) is 34.2 Å². The standard InChI is InChI=1S/C22H30N4O5S/c1-15(2)22(4,14-23)25-21(28)16(3)31-19(27)12-6-5-9-13-24-20-17-10-7-8-11-18(17)32(29,30)26-20/h7-8,10-11,15-16H,5-6,9,12-13H2,1-4H3,(H,24,26)(H,25,28)/t16-,22+/m0/s1. The molecule has 0 saturated heterocycles. The van der Waals surface area contributed by atoms with Crippen LogP contribution in [-0.2, 0) is 24.3 Å². The number of benzene rings is 1. The fraction of sp³-hybridized carbons (Fsp3) is 0.545. The fourth-order valence-corrected chi connectivity index (χ4v) is 4.22. The molecular formula is C22H30N4O5S. The molecule has 2 N–H and O–H groups in total. The minimum Gasteiger partial charge on any atom is -0.453 e. The number of carbonyl (C=O) groups is 2. The van der Waals surface area contributed by atoms with Crippen LogP contribution >= 0.6 is 0 Å². The van der Waals surface area contributed by atoms with Crippen LogP contribution in [0.2, 0.25) is 0 Å². The molecule has 1 heterocycles. The van der Waals surface area contributed by atoms with Gasteiger partial charge in [-0.05, 0) is 44.7 Å². The number of carbonyl (C=O) groups excluding carboxylic acids is 2. The van der Waals surface area contributed by atoms with Crippen LogP contribution in [0.5, 0.6) is 0 Å². The molecule has 0 aliphatic carbocycles. The molecule has 1 aliphatic rings. The Bertz CT molecular complexity index is 1030. The summed E-state index contributed by atoms with van der Waals surface area (Å²) in [5.74, 6) is -0.757. The van der Waals surface area contributed by atoms with Crippen molar-refractivity contribution in [3.8, 4) is 6.07 Å². The maximum Gasteiger partial charge on any atom is 0.306 e. The number of unbranched alkanes of at least 4 members (excludes halogenated alkanes) is 2. The van der Waals surface area contributed by atoms with Crippen LogP contribution in [0, 0.1) is 17.2 Å². The number of fused-ring (bicyclic) bond motifs is 1. The molecule has 0 radical (unpaired) electrons. The Morgan fingerprint density at radius 2 is 1.91 bits per heavy atom. The molecule has 9 nitrogen and oxygen atoms in total. The zero-order valence-corrected chi connectivity index (χ0v) is 19.7. The average molecular weight is 463 g/mol. The van der Waals surface area contributed by atoms with Crippen LogP contribution in [0.1, 0.15) is 58.9 Å². The first-order valence-electron chi connectivity index (χ1n) is 10.6. The molecular weight excluding hydrogens is 432 g/mol. The lowest BCUT2D eigenvalue weighted by atomic mass is 9.90. The van der Waals surface area contributed by atoms with Crippen LogP contribution < -0.4 is 10.0 Å². The highest BCUT2D eigenvalue weighted by Crippen LogP contribution is 2.22. The average Bonchev–Trinajstić information content (AvgIpc) is 3.00. The van der Waals surface area contributed by atoms with Crippen molar-refractivity contribution in [3.63, 3.8) is 0 Å². The van der Waals surface area contributed by atoms with Gasteiger partial charge in [0.2, 0.25) is 0 Å². The molecule has 0 fully saturated rings. The number of nitrogens with one attached hydrogen (secondary N) is 2. The van der Waals surface area contributed by atoms with E-state index in [4.69, 9.17) is 4.74 Å². The zero-order valence-electron chi connectivity index (χ0n) is 18.8. The molecule has 32 heavy (non-hydrogen) atoms. The van der Waals surface area contributed by atoms with E-state index in [0.29, 0.717) is 37.2 Å². The molecule has 0 spiro atoms. The van der Waals surface area contributed by atoms with Crippen LogP contribution in [0.25, 0.3) is 0 Å². The number of esters is 1. The lowest BCUT2D eigenvalue weighted by Crippen LogP contribution is -2.52. The smallest absolute Gasteiger partial charge is 0.306 e. The first-order valence-corrected chi connectivity index (χ1v) is 12.1. The van der Waals surface area contributed by atoms with E-state index in [9.17, 15) is 23.3 Å². The second kappa shape index (κ2) is 10.6. The van der Waals surface area contributed by atoms with Crippen molar-refractivity contribution in [2.24, 2.45) is 10.9 Å². The van der Waals surface area contributed by atoms with Crippen LogP contribution in [-0.4, -0.2) is 44.3 Å². The summed E-state index contributed by atoms with van der Waals surface area (Å²) in [6.07, 6.45) is 1.09. The molecule has 0 bridgehead atoms. The Kier molecular flexibility index (Phi) is 8.38. The van der Waals surface area contributed by atoms with E-state index in [0.717, 1.165) is 0 Å². The van der Waals surface area contributed by atoms with Crippen molar-refractivity contribution in [1.82, 2.24) is 10.0 Å². The summed E-state index contributed by atoms with van der Waals surface area (Å²) in [6.45, 7) is 7.17. The van der Waals surface area contributed by atoms with Gasteiger partial charge in [0.25, 0.3) is 15.9 Å². The first kappa shape index (κ1) is 25.3. The molecule has 0 saturated carbocycles. The SMILES string of the molecule is CC(C)[C@@](C)(C#N)NC(=O)[C@H](C)OC(=O)CCCCCN=C1NS(=O)(=O)c2ccccc21. The number of amidine groups is 1. The van der Waals surface area contributed by atoms with E-state index in [-0.39, 0.29) is 17.2 Å². The van der Waals surface area contributed by atoms with Gasteiger partial charge in [-0.2, -0.15) is 5.26 Å². The molecule has 1 amide bonds. The molecule has 2 atom stereocenters. The number of amides is 1. The number of hydrogen-bond donors (Lipinski definition) is 2. The Morgan fingerprint density at radius 3 is 2.56 bits per heavy atom. The number of nitriles is 1. The van der Waals surface area contributed by atoms with E-state index >= 15 is 0 Å². The highest BCUT2D eigenvalue weighted by atomic mass is 32.2. The van der Waals surface area contributed by atoms with E-state index in [1.165, 1.54) is 13.0 Å². The molecule has 0 unspecified atom stereocenters. The van der Waals surface area contributed by atoms with Crippen molar-refractivity contribution in [3.05, 3.63) is 29.8 Å². The lowest BCUT2D eigenvalue weighted by molar-refractivity contribution is -0.155. The van der Waals surface area contributed by atoms with Crippen LogP contribution in [0.3, 0.4) is 0 Å². The van der Waals surface area contributed by atoms with Gasteiger partial charge in [0.1, 0.15) is 11.4 Å². The normalized spacial score (nSPS) is 18.2. The van der Waals surface area contributed by atoms with Crippen molar-refractivity contribution in [2.75, 3.05) is 6.54 Å². The number of hydrogen-bond acceptors (Lipinski definition) is 7. The monoisotopic (exact) mass is 462 g/mol. The molecule has 1 aliphatic heterocycles. The Hall–Kier alpha value is -2.93. The van der Waals surface area contributed by atoms with Crippen molar-refractivity contribution in [1.29, 1.82) is 5.26 Å². The summed E-state index contributed by atoms with van der Waals surface area (Å²) in [7, 11) is -3.54. The molecule has 174 valence electrons. The van der Waals surface area contributed by atoms with Crippen LogP contribution in [0.4, 0.5) is 0 Å². The summed E-state index contributed by atoms with van der Waals surface area (Å²) in [4.78, 5) is 28.8. The van der Waals surface area contributed by atoms with E-state index in [1.54, 1.807) is 25.1 Å². The maximum absolute atomic E-state index is 12.2. The molecule has 2 rings (SSSR count). The molecule has 10 heteroatoms. The second-order valence-electron chi connectivity index (χ2n) is 8.23. The Morgan fingerprint density at radius 1 is 1.22 bits per heavy atom. The van der Waals surface area contributed by atoms with E-state index in [1.807, 2.05) is 13.8 Å². The number of rotatable bonds is 10. The van der Waals surface area contributed by atoms with Crippen molar-refractivity contribution in [2.45, 2.75) is 69.9 Å². The van der Waals surface area contributed by atoms with Gasteiger partial charge < -0.3 is 10.1 Å². The Labute approximate surface area is 189 Å². The summed E-state index contributed by atoms with van der Waals surface area (Å²) in [5, 5.41) is 11.9. The zero-order chi connectivity index (χ0) is 23.9. The summed E-state index contributed by atoms with van der Waals surface area (Å²) in [5.41, 5.74) is -0.471. The van der Waals surface area contributed by atoms with Crippen molar-refractivity contribution < 1.29 is 22.7 Å². The first-order chi connectivity index (χ1) is 15.0. The van der Waals surface area contributed by atoms with Gasteiger partial charge in [-0.25, -0.2) is 8.42 Å². The third-order valence-corrected chi connectivity index (χ3v) is 6.82. The number of nitrogens with zero attached hydrogens (tertiary/aromatic N) is 2. The minimum absolute atomic E-state index is 0.101. The topological polar surface area (TPSA) is 138 Å². The highest BCUT2D eigenvalue weighted by Gasteiger charge is 2.32. The van der Waals surface area contributed by atoms with Gasteiger partial charge in [0.05, 0.1) is 11.0 Å². The molecule has 0 aromatic heterocycles. The van der Waals surface area contributed by atoms with Gasteiger partial charge in [0, 0.05) is 18.5 Å². The largest absolute Gasteiger partial charge is 0.453 e. The minimum atomic E-state index is -3.54. The third-order valence-electron chi connectivity index (χ3n) is 5.42. The molecule has 1 aromatic rings. The van der Waals surface area contributed by atoms with E-state index < -0.39 is 33.5 Å². The quantitative estimate of drug-likeness (QED) is 0.404. The van der Waals surface area contributed by atoms with Gasteiger partial charge >= 0.3 is 5.97 Å². The van der Waals surface area contributed by atoms with E-state index in [2.05, 4.69) is 21.1 Å². The maximum atomic E-state index is 12.2. The summed E-state index contributed by atoms with van der Waals surface area (Å²) < 4.78 is 31.7. The highest BCUT2D eigenvalue weighted by molar-refractivity contribution is 7.90. The fourth-order valence-electron chi connectivity index (χ4n) is 2.97.